The Morgan fingerprint density at radius 1 is 0.500 bits per heavy atom. The summed E-state index contributed by atoms with van der Waals surface area (Å²) in [5.74, 6) is 0. The van der Waals surface area contributed by atoms with Crippen molar-refractivity contribution >= 4 is 43.2 Å². The molecular weight excluding hydrogens is 430 g/mol. The second-order valence-electron chi connectivity index (χ2n) is 8.65. The first-order valence-electron chi connectivity index (χ1n) is 11.5. The van der Waals surface area contributed by atoms with Crippen LogP contribution < -0.4 is 0 Å². The monoisotopic (exact) mass is 451 g/mol. The Morgan fingerprint density at radius 2 is 1.15 bits per heavy atom. The van der Waals surface area contributed by atoms with Crippen molar-refractivity contribution in [3.63, 3.8) is 0 Å². The molecule has 5 aromatic carbocycles. The summed E-state index contributed by atoms with van der Waals surface area (Å²) in [5, 5.41) is 6.15. The maximum Gasteiger partial charge on any atom is 0.0555 e. The summed E-state index contributed by atoms with van der Waals surface area (Å²) in [5.41, 5.74) is 8.57. The molecule has 2 heteroatoms. The predicted molar refractivity (Wildman–Crippen MR) is 147 cm³/mol. The molecule has 0 radical (unpaired) electrons. The Balaban J connectivity index is 1.59. The van der Waals surface area contributed by atoms with Crippen LogP contribution in [-0.4, -0.2) is 4.57 Å². The summed E-state index contributed by atoms with van der Waals surface area (Å²) in [4.78, 5) is 0. The van der Waals surface area contributed by atoms with Crippen LogP contribution >= 0.6 is 11.3 Å². The Kier molecular flexibility index (Phi) is 4.39. The van der Waals surface area contributed by atoms with Crippen molar-refractivity contribution in [1.82, 2.24) is 4.57 Å². The molecule has 0 fully saturated rings. The predicted octanol–water partition coefficient (Wildman–Crippen LogP) is 9.33. The molecule has 0 aliphatic heterocycles. The van der Waals surface area contributed by atoms with Gasteiger partial charge in [-0.3, -0.25) is 0 Å². The SMILES string of the molecule is c1ccc(-c2cc(-c3ccccc3)cc(-n3c4ccccc4c4c5sccc5ccc43)c2)cc1. The lowest BCUT2D eigenvalue weighted by Crippen LogP contribution is -1.96. The van der Waals surface area contributed by atoms with Crippen molar-refractivity contribution in [3.8, 4) is 27.9 Å². The Bertz CT molecular complexity index is 1730. The van der Waals surface area contributed by atoms with E-state index in [0.717, 1.165) is 0 Å². The number of rotatable bonds is 3. The molecule has 0 saturated heterocycles. The maximum atomic E-state index is 2.43. The van der Waals surface area contributed by atoms with E-state index in [0.29, 0.717) is 0 Å². The molecular formula is C32H21NS. The van der Waals surface area contributed by atoms with Gasteiger partial charge in [0, 0.05) is 21.2 Å². The zero-order chi connectivity index (χ0) is 22.5. The largest absolute Gasteiger partial charge is 0.309 e. The highest BCUT2D eigenvalue weighted by Gasteiger charge is 2.16. The molecule has 1 nitrogen and oxygen atoms in total. The zero-order valence-corrected chi connectivity index (χ0v) is 19.3. The number of benzene rings is 5. The van der Waals surface area contributed by atoms with Crippen LogP contribution in [0.3, 0.4) is 0 Å². The molecule has 0 bridgehead atoms. The third-order valence-electron chi connectivity index (χ3n) is 6.65. The molecule has 160 valence electrons. The molecule has 2 heterocycles. The van der Waals surface area contributed by atoms with Crippen LogP contribution in [0.25, 0.3) is 59.8 Å². The van der Waals surface area contributed by atoms with Crippen molar-refractivity contribution in [1.29, 1.82) is 0 Å². The molecule has 7 rings (SSSR count). The van der Waals surface area contributed by atoms with Crippen LogP contribution in [0.5, 0.6) is 0 Å². The number of nitrogens with zero attached hydrogens (tertiary/aromatic N) is 1. The fraction of sp³-hybridized carbons (Fsp3) is 0. The van der Waals surface area contributed by atoms with Gasteiger partial charge in [0.25, 0.3) is 0 Å². The lowest BCUT2D eigenvalue weighted by molar-refractivity contribution is 1.18. The van der Waals surface area contributed by atoms with E-state index in [4.69, 9.17) is 0 Å². The Morgan fingerprint density at radius 3 is 1.85 bits per heavy atom. The first-order chi connectivity index (χ1) is 16.9. The number of aromatic nitrogens is 1. The van der Waals surface area contributed by atoms with Crippen molar-refractivity contribution in [3.05, 3.63) is 127 Å². The van der Waals surface area contributed by atoms with Gasteiger partial charge in [0.1, 0.15) is 0 Å². The van der Waals surface area contributed by atoms with Crippen molar-refractivity contribution in [2.75, 3.05) is 0 Å². The molecule has 34 heavy (non-hydrogen) atoms. The number of fused-ring (bicyclic) bond motifs is 5. The van der Waals surface area contributed by atoms with Gasteiger partial charge in [-0.2, -0.15) is 0 Å². The summed E-state index contributed by atoms with van der Waals surface area (Å²) < 4.78 is 3.79. The van der Waals surface area contributed by atoms with Gasteiger partial charge in [-0.25, -0.2) is 0 Å². The highest BCUT2D eigenvalue weighted by atomic mass is 32.1. The van der Waals surface area contributed by atoms with Crippen LogP contribution in [-0.2, 0) is 0 Å². The van der Waals surface area contributed by atoms with E-state index in [1.54, 1.807) is 0 Å². The van der Waals surface area contributed by atoms with Crippen LogP contribution in [0.4, 0.5) is 0 Å². The topological polar surface area (TPSA) is 4.93 Å². The van der Waals surface area contributed by atoms with Gasteiger partial charge in [0.15, 0.2) is 0 Å². The molecule has 0 spiro atoms. The molecule has 2 aromatic heterocycles. The van der Waals surface area contributed by atoms with Crippen molar-refractivity contribution < 1.29 is 0 Å². The van der Waals surface area contributed by atoms with E-state index in [1.807, 2.05) is 11.3 Å². The molecule has 0 N–H and O–H groups in total. The van der Waals surface area contributed by atoms with E-state index >= 15 is 0 Å². The summed E-state index contributed by atoms with van der Waals surface area (Å²) in [6.07, 6.45) is 0. The first-order valence-corrected chi connectivity index (χ1v) is 12.4. The summed E-state index contributed by atoms with van der Waals surface area (Å²) in [7, 11) is 0. The van der Waals surface area contributed by atoms with E-state index < -0.39 is 0 Å². The fourth-order valence-electron chi connectivity index (χ4n) is 5.09. The van der Waals surface area contributed by atoms with E-state index in [1.165, 1.54) is 59.8 Å². The average molecular weight is 452 g/mol. The van der Waals surface area contributed by atoms with Gasteiger partial charge >= 0.3 is 0 Å². The quantitative estimate of drug-likeness (QED) is 0.252. The molecule has 0 amide bonds. The van der Waals surface area contributed by atoms with Gasteiger partial charge in [0.2, 0.25) is 0 Å². The smallest absolute Gasteiger partial charge is 0.0555 e. The van der Waals surface area contributed by atoms with Crippen LogP contribution in [0, 0.1) is 0 Å². The normalized spacial score (nSPS) is 11.5. The van der Waals surface area contributed by atoms with Gasteiger partial charge < -0.3 is 4.57 Å². The van der Waals surface area contributed by atoms with Gasteiger partial charge in [-0.15, -0.1) is 11.3 Å². The Labute approximate surface area is 202 Å². The van der Waals surface area contributed by atoms with Gasteiger partial charge in [-0.05, 0) is 69.4 Å². The third-order valence-corrected chi connectivity index (χ3v) is 7.59. The molecule has 7 aromatic rings. The molecule has 0 saturated carbocycles. The number of thiophene rings is 1. The third kappa shape index (κ3) is 3.00. The van der Waals surface area contributed by atoms with Gasteiger partial charge in [-0.1, -0.05) is 84.9 Å². The fourth-order valence-corrected chi connectivity index (χ4v) is 6.05. The molecule has 0 unspecified atom stereocenters. The van der Waals surface area contributed by atoms with Crippen LogP contribution in [0.2, 0.25) is 0 Å². The number of hydrogen-bond acceptors (Lipinski definition) is 1. The summed E-state index contributed by atoms with van der Waals surface area (Å²) in [6.45, 7) is 0. The Hall–Kier alpha value is -4.14. The van der Waals surface area contributed by atoms with E-state index in [-0.39, 0.29) is 0 Å². The molecule has 0 atom stereocenters. The lowest BCUT2D eigenvalue weighted by atomic mass is 9.98. The summed E-state index contributed by atoms with van der Waals surface area (Å²) >= 11 is 1.83. The average Bonchev–Trinajstić information content (AvgIpc) is 3.52. The molecule has 0 aliphatic carbocycles. The van der Waals surface area contributed by atoms with E-state index in [2.05, 4.69) is 131 Å². The maximum absolute atomic E-state index is 2.43. The van der Waals surface area contributed by atoms with Crippen molar-refractivity contribution in [2.24, 2.45) is 0 Å². The minimum atomic E-state index is 1.18. The first kappa shape index (κ1) is 19.3. The van der Waals surface area contributed by atoms with E-state index in [9.17, 15) is 0 Å². The highest BCUT2D eigenvalue weighted by Crippen LogP contribution is 2.40. The van der Waals surface area contributed by atoms with Crippen LogP contribution in [0.15, 0.2) is 127 Å². The summed E-state index contributed by atoms with van der Waals surface area (Å²) in [6, 6.07) is 43.8. The zero-order valence-electron chi connectivity index (χ0n) is 18.5. The number of hydrogen-bond donors (Lipinski definition) is 0. The highest BCUT2D eigenvalue weighted by molar-refractivity contribution is 7.18. The second-order valence-corrected chi connectivity index (χ2v) is 9.57. The minimum Gasteiger partial charge on any atom is -0.309 e. The lowest BCUT2D eigenvalue weighted by Gasteiger charge is -2.14. The van der Waals surface area contributed by atoms with Crippen LogP contribution in [0.1, 0.15) is 0 Å². The molecule has 0 aliphatic rings. The minimum absolute atomic E-state index is 1.18. The standard InChI is InChI=1S/C32H21NS/c1-3-9-22(10-4-1)25-19-26(23-11-5-2-6-12-23)21-27(20-25)33-29-14-8-7-13-28(29)31-30(33)16-15-24-17-18-34-32(24)31/h1-21H. The van der Waals surface area contributed by atoms with Crippen molar-refractivity contribution in [2.45, 2.75) is 0 Å². The van der Waals surface area contributed by atoms with Gasteiger partial charge in [0.05, 0.1) is 11.0 Å². The second kappa shape index (κ2) is 7.72. The number of para-hydroxylation sites is 1.